The Morgan fingerprint density at radius 1 is 1.08 bits per heavy atom. The summed E-state index contributed by atoms with van der Waals surface area (Å²) in [5.74, 6) is 4.62. The van der Waals surface area contributed by atoms with Gasteiger partial charge in [-0.25, -0.2) is 0 Å². The van der Waals surface area contributed by atoms with Crippen molar-refractivity contribution in [3.8, 4) is 5.75 Å². The van der Waals surface area contributed by atoms with E-state index in [9.17, 15) is 5.11 Å². The molecule has 4 aliphatic carbocycles. The van der Waals surface area contributed by atoms with Gasteiger partial charge in [-0.15, -0.1) is 0 Å². The summed E-state index contributed by atoms with van der Waals surface area (Å²) in [6, 6.07) is 5.87. The van der Waals surface area contributed by atoms with E-state index in [1.165, 1.54) is 49.8 Å². The third kappa shape index (κ3) is 4.94. The average molecular weight is 533 g/mol. The van der Waals surface area contributed by atoms with Gasteiger partial charge in [0.1, 0.15) is 18.1 Å². The van der Waals surface area contributed by atoms with Crippen LogP contribution in [0, 0.1) is 34.5 Å². The Hall–Kier alpha value is -2.27. The summed E-state index contributed by atoms with van der Waals surface area (Å²) in [6.07, 6.45) is 17.1. The Bertz CT molecular complexity index is 1160. The lowest BCUT2D eigenvalue weighted by Crippen LogP contribution is -2.54. The van der Waals surface area contributed by atoms with Gasteiger partial charge in [0, 0.05) is 22.7 Å². The van der Waals surface area contributed by atoms with Gasteiger partial charge in [-0.1, -0.05) is 25.6 Å². The molecule has 5 heteroatoms. The Morgan fingerprint density at radius 3 is 2.82 bits per heavy atom. The number of nitrogen functional groups attached to an aromatic ring is 1. The number of anilines is 1. The first-order chi connectivity index (χ1) is 18.8. The molecular formula is C34H48N2O3. The second-order valence-electron chi connectivity index (χ2n) is 13.8. The van der Waals surface area contributed by atoms with E-state index in [2.05, 4.69) is 32.6 Å². The van der Waals surface area contributed by atoms with E-state index in [4.69, 9.17) is 20.5 Å². The zero-order valence-corrected chi connectivity index (χ0v) is 24.1. The van der Waals surface area contributed by atoms with Crippen molar-refractivity contribution in [2.24, 2.45) is 39.7 Å². The highest BCUT2D eigenvalue weighted by Gasteiger charge is 2.59. The van der Waals surface area contributed by atoms with E-state index >= 15 is 0 Å². The topological polar surface area (TPSA) is 77.1 Å². The van der Waals surface area contributed by atoms with Crippen molar-refractivity contribution in [3.05, 3.63) is 42.2 Å². The fraction of sp³-hybridized carbons (Fsp3) is 0.676. The number of benzene rings is 1. The van der Waals surface area contributed by atoms with Crippen molar-refractivity contribution < 1.29 is 14.7 Å². The Kier molecular flexibility index (Phi) is 7.33. The van der Waals surface area contributed by atoms with Crippen molar-refractivity contribution in [1.82, 2.24) is 0 Å². The number of rotatable bonds is 7. The number of unbranched alkanes of at least 4 members (excludes halogenated alkanes) is 2. The Labute approximate surface area is 234 Å². The zero-order valence-electron chi connectivity index (χ0n) is 24.1. The molecule has 0 saturated heterocycles. The van der Waals surface area contributed by atoms with Crippen molar-refractivity contribution in [3.63, 3.8) is 0 Å². The second-order valence-corrected chi connectivity index (χ2v) is 13.8. The van der Waals surface area contributed by atoms with E-state index in [1.807, 2.05) is 12.1 Å². The molecule has 4 saturated carbocycles. The fourth-order valence-electron chi connectivity index (χ4n) is 9.49. The Morgan fingerprint density at radius 2 is 1.95 bits per heavy atom. The maximum atomic E-state index is 10.3. The first kappa shape index (κ1) is 26.9. The highest BCUT2D eigenvalue weighted by molar-refractivity contribution is 5.92. The molecule has 1 aromatic rings. The largest absolute Gasteiger partial charge is 0.457 e. The average Bonchev–Trinajstić information content (AvgIpc) is 3.24. The van der Waals surface area contributed by atoms with E-state index in [1.54, 1.807) is 0 Å². The van der Waals surface area contributed by atoms with Crippen LogP contribution in [-0.2, 0) is 4.84 Å². The molecule has 39 heavy (non-hydrogen) atoms. The molecule has 1 aliphatic heterocycles. The summed E-state index contributed by atoms with van der Waals surface area (Å²) in [7, 11) is 0. The van der Waals surface area contributed by atoms with Gasteiger partial charge in [-0.2, -0.15) is 0 Å². The number of hydrogen-bond donors (Lipinski definition) is 2. The van der Waals surface area contributed by atoms with Gasteiger partial charge in [-0.05, 0) is 136 Å². The number of nitrogens with zero attached hydrogens (tertiary/aromatic N) is 1. The third-order valence-electron chi connectivity index (χ3n) is 11.7. The summed E-state index contributed by atoms with van der Waals surface area (Å²) in [5.41, 5.74) is 11.0. The van der Waals surface area contributed by atoms with Gasteiger partial charge in [0.2, 0.25) is 0 Å². The van der Waals surface area contributed by atoms with Crippen LogP contribution >= 0.6 is 0 Å². The van der Waals surface area contributed by atoms with Crippen molar-refractivity contribution >= 4 is 17.0 Å². The Balaban J connectivity index is 0.988. The van der Waals surface area contributed by atoms with Gasteiger partial charge >= 0.3 is 0 Å². The van der Waals surface area contributed by atoms with Crippen molar-refractivity contribution in [2.45, 2.75) is 103 Å². The minimum absolute atomic E-state index is 0.0635. The first-order valence-electron chi connectivity index (χ1n) is 15.6. The summed E-state index contributed by atoms with van der Waals surface area (Å²) < 4.78 is 5.76. The molecular weight excluding hydrogens is 484 g/mol. The molecule has 0 amide bonds. The van der Waals surface area contributed by atoms with Crippen LogP contribution in [0.4, 0.5) is 5.69 Å². The quantitative estimate of drug-likeness (QED) is 0.213. The molecule has 1 heterocycles. The van der Waals surface area contributed by atoms with Crippen LogP contribution in [0.1, 0.15) is 103 Å². The zero-order chi connectivity index (χ0) is 27.2. The number of hydrogen-bond acceptors (Lipinski definition) is 5. The fourth-order valence-corrected chi connectivity index (χ4v) is 9.49. The normalized spacial score (nSPS) is 38.2. The monoisotopic (exact) mass is 532 g/mol. The SMILES string of the molecule is C=C1C=C(CCCCCO/N=C2/CC[C@H]3[C@@H]4CC[C@H]5C[C@H](O)CC[C@]5(C)[C@H]4CC[C@]23C)c2ccc(N)cc2O1. The lowest BCUT2D eigenvalue weighted by molar-refractivity contribution is -0.114. The minimum Gasteiger partial charge on any atom is -0.457 e. The van der Waals surface area contributed by atoms with Crippen LogP contribution in [0.2, 0.25) is 0 Å². The maximum absolute atomic E-state index is 10.3. The minimum atomic E-state index is -0.0635. The number of aliphatic hydroxyl groups is 1. The molecule has 5 nitrogen and oxygen atoms in total. The van der Waals surface area contributed by atoms with Crippen molar-refractivity contribution in [2.75, 3.05) is 12.3 Å². The smallest absolute Gasteiger partial charge is 0.136 e. The van der Waals surface area contributed by atoms with E-state index < -0.39 is 0 Å². The molecule has 3 N–H and O–H groups in total. The number of fused-ring (bicyclic) bond motifs is 6. The van der Waals surface area contributed by atoms with Gasteiger partial charge in [0.25, 0.3) is 0 Å². The molecule has 0 unspecified atom stereocenters. The number of ether oxygens (including phenoxy) is 1. The summed E-state index contributed by atoms with van der Waals surface area (Å²) >= 11 is 0. The van der Waals surface area contributed by atoms with Crippen LogP contribution in [0.25, 0.3) is 5.57 Å². The van der Waals surface area contributed by atoms with Gasteiger partial charge in [0.15, 0.2) is 0 Å². The van der Waals surface area contributed by atoms with Gasteiger partial charge in [0.05, 0.1) is 11.8 Å². The van der Waals surface area contributed by atoms with Crippen LogP contribution < -0.4 is 10.5 Å². The number of aliphatic hydroxyl groups excluding tert-OH is 1. The summed E-state index contributed by atoms with van der Waals surface area (Å²) in [5, 5.41) is 15.1. The third-order valence-corrected chi connectivity index (χ3v) is 11.7. The summed E-state index contributed by atoms with van der Waals surface area (Å²) in [6.45, 7) is 9.75. The van der Waals surface area contributed by atoms with Crippen LogP contribution in [0.5, 0.6) is 5.75 Å². The van der Waals surface area contributed by atoms with Crippen LogP contribution in [-0.4, -0.2) is 23.5 Å². The molecule has 0 spiro atoms. The van der Waals surface area contributed by atoms with Crippen LogP contribution in [0.3, 0.4) is 0 Å². The molecule has 0 radical (unpaired) electrons. The van der Waals surface area contributed by atoms with E-state index in [0.717, 1.165) is 79.9 Å². The number of nitrogens with two attached hydrogens (primary N) is 1. The second kappa shape index (κ2) is 10.6. The molecule has 4 fully saturated rings. The number of oxime groups is 1. The molecule has 0 bridgehead atoms. The predicted octanol–water partition coefficient (Wildman–Crippen LogP) is 7.89. The summed E-state index contributed by atoms with van der Waals surface area (Å²) in [4.78, 5) is 5.96. The molecule has 6 rings (SSSR count). The highest BCUT2D eigenvalue weighted by atomic mass is 16.6. The lowest BCUT2D eigenvalue weighted by atomic mass is 9.45. The van der Waals surface area contributed by atoms with Gasteiger partial charge in [-0.3, -0.25) is 0 Å². The van der Waals surface area contributed by atoms with Gasteiger partial charge < -0.3 is 20.4 Å². The number of allylic oxidation sites excluding steroid dienone is 2. The highest BCUT2D eigenvalue weighted by Crippen LogP contribution is 2.65. The van der Waals surface area contributed by atoms with Crippen molar-refractivity contribution in [1.29, 1.82) is 0 Å². The lowest BCUT2D eigenvalue weighted by Gasteiger charge is -2.60. The molecule has 5 aliphatic rings. The maximum Gasteiger partial charge on any atom is 0.136 e. The van der Waals surface area contributed by atoms with E-state index in [0.29, 0.717) is 23.5 Å². The predicted molar refractivity (Wildman–Crippen MR) is 158 cm³/mol. The molecule has 1 aromatic carbocycles. The molecule has 212 valence electrons. The molecule has 7 atom stereocenters. The molecule has 0 aromatic heterocycles. The van der Waals surface area contributed by atoms with Crippen LogP contribution in [0.15, 0.2) is 41.8 Å². The standard InChI is InChI=1S/C34H48N2O3/c1-22-19-23(27-11-9-25(35)21-31(27)39-22)7-5-4-6-18-38-36-32-13-12-29-28-10-8-24-20-26(37)14-16-33(24,2)30(28)15-17-34(29,32)3/h9,11,19,21,24,26,28-30,37H,1,4-8,10,12-18,20,35H2,2-3H3/b36-32-/t24-,26+,28-,29-,30-,33-,34-/m0/s1. The van der Waals surface area contributed by atoms with E-state index in [-0.39, 0.29) is 11.5 Å². The first-order valence-corrected chi connectivity index (χ1v) is 15.6.